The van der Waals surface area contributed by atoms with E-state index in [9.17, 15) is 9.59 Å². The monoisotopic (exact) mass is 175 g/mol. The molecule has 0 atom stereocenters. The molecular formula is C7H13NO4. The van der Waals surface area contributed by atoms with Crippen LogP contribution in [0.3, 0.4) is 0 Å². The maximum absolute atomic E-state index is 9.55. The number of carboxylic acids is 2. The smallest absolute Gasteiger partial charge is 0.328 e. The molecule has 70 valence electrons. The summed E-state index contributed by atoms with van der Waals surface area (Å²) in [5.74, 6) is -2.51. The third-order valence-electron chi connectivity index (χ3n) is 0.657. The molecule has 0 aliphatic carbocycles. The van der Waals surface area contributed by atoms with Gasteiger partial charge >= 0.3 is 11.9 Å². The lowest BCUT2D eigenvalue weighted by molar-refractivity contribution is -0.134. The maximum atomic E-state index is 9.55. The van der Waals surface area contributed by atoms with E-state index in [1.54, 1.807) is 0 Å². The van der Waals surface area contributed by atoms with Crippen molar-refractivity contribution in [3.63, 3.8) is 0 Å². The molecule has 0 unspecified atom stereocenters. The van der Waals surface area contributed by atoms with E-state index in [0.717, 1.165) is 13.0 Å². The van der Waals surface area contributed by atoms with Crippen LogP contribution in [0, 0.1) is 0 Å². The van der Waals surface area contributed by atoms with E-state index in [4.69, 9.17) is 15.9 Å². The molecule has 0 fully saturated rings. The van der Waals surface area contributed by atoms with Crippen molar-refractivity contribution in [2.45, 2.75) is 13.3 Å². The highest BCUT2D eigenvalue weighted by atomic mass is 16.4. The van der Waals surface area contributed by atoms with Crippen LogP contribution in [0.25, 0.3) is 0 Å². The van der Waals surface area contributed by atoms with Crippen molar-refractivity contribution in [3.05, 3.63) is 12.2 Å². The first-order valence-corrected chi connectivity index (χ1v) is 3.38. The minimum absolute atomic E-state index is 0.558. The summed E-state index contributed by atoms with van der Waals surface area (Å²) in [4.78, 5) is 19.1. The molecule has 0 saturated carbocycles. The molecule has 0 bridgehead atoms. The summed E-state index contributed by atoms with van der Waals surface area (Å²) in [6, 6.07) is 0. The second kappa shape index (κ2) is 9.64. The van der Waals surface area contributed by atoms with Gasteiger partial charge in [-0.05, 0) is 13.0 Å². The predicted molar refractivity (Wildman–Crippen MR) is 43.8 cm³/mol. The van der Waals surface area contributed by atoms with Crippen LogP contribution in [-0.4, -0.2) is 28.7 Å². The third kappa shape index (κ3) is 23.4. The molecule has 0 spiro atoms. The highest BCUT2D eigenvalue weighted by Gasteiger charge is 1.88. The van der Waals surface area contributed by atoms with E-state index in [-0.39, 0.29) is 0 Å². The molecule has 0 amide bonds. The van der Waals surface area contributed by atoms with Crippen LogP contribution in [0.5, 0.6) is 0 Å². The molecule has 5 heteroatoms. The summed E-state index contributed by atoms with van der Waals surface area (Å²) in [5.41, 5.74) is 5.03. The molecule has 4 N–H and O–H groups in total. The Morgan fingerprint density at radius 2 is 1.50 bits per heavy atom. The molecule has 0 heterocycles. The Morgan fingerprint density at radius 1 is 1.25 bits per heavy atom. The van der Waals surface area contributed by atoms with Gasteiger partial charge in [-0.15, -0.1) is 0 Å². The molecule has 0 aromatic carbocycles. The Bertz CT molecular complexity index is 147. The van der Waals surface area contributed by atoms with Gasteiger partial charge in [0.25, 0.3) is 0 Å². The Balaban J connectivity index is 0. The van der Waals surface area contributed by atoms with Crippen LogP contribution in [-0.2, 0) is 9.59 Å². The largest absolute Gasteiger partial charge is 0.478 e. The standard InChI is InChI=1S/C4H4O4.C3H9N/c5-3(6)1-2-4(7)8;1-2-3-4/h1-2H,(H,5,6)(H,7,8);2-4H2,1H3/b2-1+;. The van der Waals surface area contributed by atoms with Crippen molar-refractivity contribution in [3.8, 4) is 0 Å². The van der Waals surface area contributed by atoms with Gasteiger partial charge in [0.1, 0.15) is 0 Å². The lowest BCUT2D eigenvalue weighted by Crippen LogP contribution is -1.93. The van der Waals surface area contributed by atoms with Gasteiger partial charge in [-0.3, -0.25) is 0 Å². The first-order valence-electron chi connectivity index (χ1n) is 3.38. The van der Waals surface area contributed by atoms with Gasteiger partial charge in [-0.1, -0.05) is 6.92 Å². The molecular weight excluding hydrogens is 162 g/mol. The second-order valence-corrected chi connectivity index (χ2v) is 1.80. The predicted octanol–water partition coefficient (Wildman–Crippen LogP) is 0.0669. The molecule has 0 aliphatic rings. The summed E-state index contributed by atoms with van der Waals surface area (Å²) in [6.45, 7) is 2.88. The fraction of sp³-hybridized carbons (Fsp3) is 0.429. The average Bonchev–Trinajstić information content (AvgIpc) is 2.01. The van der Waals surface area contributed by atoms with Gasteiger partial charge in [-0.2, -0.15) is 0 Å². The lowest BCUT2D eigenvalue weighted by atomic mass is 10.5. The van der Waals surface area contributed by atoms with E-state index >= 15 is 0 Å². The summed E-state index contributed by atoms with van der Waals surface area (Å²) in [5, 5.41) is 15.6. The Labute approximate surface area is 70.5 Å². The summed E-state index contributed by atoms with van der Waals surface area (Å²) >= 11 is 0. The molecule has 0 rings (SSSR count). The molecule has 0 aliphatic heterocycles. The van der Waals surface area contributed by atoms with E-state index in [1.165, 1.54) is 0 Å². The zero-order valence-corrected chi connectivity index (χ0v) is 6.86. The summed E-state index contributed by atoms with van der Waals surface area (Å²) < 4.78 is 0. The van der Waals surface area contributed by atoms with Crippen molar-refractivity contribution < 1.29 is 19.8 Å². The molecule has 12 heavy (non-hydrogen) atoms. The molecule has 5 nitrogen and oxygen atoms in total. The molecule has 0 radical (unpaired) electrons. The van der Waals surface area contributed by atoms with Crippen molar-refractivity contribution >= 4 is 11.9 Å². The Hall–Kier alpha value is -1.36. The average molecular weight is 175 g/mol. The summed E-state index contributed by atoms with van der Waals surface area (Å²) in [6.07, 6.45) is 2.21. The quantitative estimate of drug-likeness (QED) is 0.527. The number of nitrogens with two attached hydrogens (primary N) is 1. The SMILES string of the molecule is CCCN.O=C(O)/C=C/C(=O)O. The van der Waals surface area contributed by atoms with Crippen molar-refractivity contribution in [1.29, 1.82) is 0 Å². The van der Waals surface area contributed by atoms with Crippen LogP contribution in [0.1, 0.15) is 13.3 Å². The van der Waals surface area contributed by atoms with Gasteiger partial charge in [0, 0.05) is 12.2 Å². The van der Waals surface area contributed by atoms with Crippen LogP contribution < -0.4 is 5.73 Å². The van der Waals surface area contributed by atoms with Crippen molar-refractivity contribution in [2.24, 2.45) is 5.73 Å². The minimum Gasteiger partial charge on any atom is -0.478 e. The normalized spacial score (nSPS) is 8.83. The van der Waals surface area contributed by atoms with Gasteiger partial charge in [0.2, 0.25) is 0 Å². The van der Waals surface area contributed by atoms with Crippen molar-refractivity contribution in [1.82, 2.24) is 0 Å². The first kappa shape index (κ1) is 13.2. The third-order valence-corrected chi connectivity index (χ3v) is 0.657. The summed E-state index contributed by atoms with van der Waals surface area (Å²) in [7, 11) is 0. The molecule has 0 aromatic heterocycles. The van der Waals surface area contributed by atoms with E-state index in [2.05, 4.69) is 6.92 Å². The van der Waals surface area contributed by atoms with E-state index < -0.39 is 11.9 Å². The van der Waals surface area contributed by atoms with Crippen molar-refractivity contribution in [2.75, 3.05) is 6.54 Å². The zero-order valence-electron chi connectivity index (χ0n) is 6.86. The number of aliphatic carboxylic acids is 2. The van der Waals surface area contributed by atoms with Crippen LogP contribution in [0.15, 0.2) is 12.2 Å². The second-order valence-electron chi connectivity index (χ2n) is 1.80. The fourth-order valence-corrected chi connectivity index (χ4v) is 0.143. The molecule has 0 saturated heterocycles. The highest BCUT2D eigenvalue weighted by Crippen LogP contribution is 1.70. The van der Waals surface area contributed by atoms with Gasteiger partial charge in [0.05, 0.1) is 0 Å². The Kier molecular flexibility index (Phi) is 10.6. The lowest BCUT2D eigenvalue weighted by Gasteiger charge is -1.74. The van der Waals surface area contributed by atoms with Crippen LogP contribution >= 0.6 is 0 Å². The van der Waals surface area contributed by atoms with E-state index in [0.29, 0.717) is 12.2 Å². The topological polar surface area (TPSA) is 101 Å². The van der Waals surface area contributed by atoms with Gasteiger partial charge < -0.3 is 15.9 Å². The molecule has 0 aromatic rings. The first-order chi connectivity index (χ1) is 5.54. The number of hydrogen-bond donors (Lipinski definition) is 3. The van der Waals surface area contributed by atoms with E-state index in [1.807, 2.05) is 0 Å². The van der Waals surface area contributed by atoms with Gasteiger partial charge in [-0.25, -0.2) is 9.59 Å². The number of rotatable bonds is 3. The van der Waals surface area contributed by atoms with Crippen LogP contribution in [0.2, 0.25) is 0 Å². The zero-order chi connectivity index (χ0) is 9.98. The highest BCUT2D eigenvalue weighted by molar-refractivity contribution is 5.89. The number of carboxylic acid groups (broad SMARTS) is 2. The fourth-order valence-electron chi connectivity index (χ4n) is 0.143. The minimum atomic E-state index is -1.26. The van der Waals surface area contributed by atoms with Gasteiger partial charge in [0.15, 0.2) is 0 Å². The maximum Gasteiger partial charge on any atom is 0.328 e. The number of carbonyl (C=O) groups is 2. The Morgan fingerprint density at radius 3 is 1.58 bits per heavy atom. The van der Waals surface area contributed by atoms with Crippen LogP contribution in [0.4, 0.5) is 0 Å². The number of hydrogen-bond acceptors (Lipinski definition) is 3.